The number of sulfonamides is 1. The van der Waals surface area contributed by atoms with Crippen molar-refractivity contribution in [2.75, 3.05) is 19.3 Å². The molecule has 8 nitrogen and oxygen atoms in total. The summed E-state index contributed by atoms with van der Waals surface area (Å²) in [6.45, 7) is 1.98. The van der Waals surface area contributed by atoms with Crippen LogP contribution < -0.4 is 10.3 Å². The molecule has 0 spiro atoms. The predicted molar refractivity (Wildman–Crippen MR) is 119 cm³/mol. The van der Waals surface area contributed by atoms with Crippen LogP contribution in [0.1, 0.15) is 18.2 Å². The zero-order valence-electron chi connectivity index (χ0n) is 15.9. The van der Waals surface area contributed by atoms with Gasteiger partial charge in [0, 0.05) is 25.4 Å². The first-order chi connectivity index (χ1) is 13.7. The van der Waals surface area contributed by atoms with Gasteiger partial charge in [0.2, 0.25) is 10.0 Å². The van der Waals surface area contributed by atoms with Crippen molar-refractivity contribution in [1.29, 1.82) is 0 Å². The number of thiocarbonyl (C=S) groups is 2. The van der Waals surface area contributed by atoms with Crippen LogP contribution in [0.15, 0.2) is 54.7 Å². The van der Waals surface area contributed by atoms with E-state index >= 15 is 0 Å². The number of hydrogen-bond acceptors (Lipinski definition) is 6. The highest BCUT2D eigenvalue weighted by atomic mass is 32.2. The van der Waals surface area contributed by atoms with Crippen LogP contribution in [-0.2, 0) is 14.8 Å². The van der Waals surface area contributed by atoms with Crippen molar-refractivity contribution < 1.29 is 13.2 Å². The van der Waals surface area contributed by atoms with Crippen LogP contribution in [-0.4, -0.2) is 58.6 Å². The summed E-state index contributed by atoms with van der Waals surface area (Å²) in [6, 6.07) is 14.2. The molecular formula is C18H21N5O3S3. The third-order valence-corrected chi connectivity index (χ3v) is 5.71. The summed E-state index contributed by atoms with van der Waals surface area (Å²) in [5.74, 6) is -1.53. The van der Waals surface area contributed by atoms with E-state index in [2.05, 4.69) is 15.2 Å². The quantitative estimate of drug-likeness (QED) is 0.480. The lowest BCUT2D eigenvalue weighted by atomic mass is 10.2. The van der Waals surface area contributed by atoms with E-state index < -0.39 is 21.7 Å². The highest BCUT2D eigenvalue weighted by Crippen LogP contribution is 2.04. The summed E-state index contributed by atoms with van der Waals surface area (Å²) < 4.78 is 24.8. The Morgan fingerprint density at radius 2 is 1.72 bits per heavy atom. The summed E-state index contributed by atoms with van der Waals surface area (Å²) in [4.78, 5) is 19.2. The number of aromatic nitrogens is 1. The van der Waals surface area contributed by atoms with E-state index in [1.165, 1.54) is 10.0 Å². The first kappa shape index (κ1) is 22.8. The minimum absolute atomic E-state index is 0.208. The minimum Gasteiger partial charge on any atom is -0.283 e. The van der Waals surface area contributed by atoms with E-state index in [4.69, 9.17) is 24.4 Å². The minimum atomic E-state index is -4.00. The summed E-state index contributed by atoms with van der Waals surface area (Å²) in [5, 5.41) is 2.55. The van der Waals surface area contributed by atoms with Crippen LogP contribution in [0.2, 0.25) is 0 Å². The molecule has 0 unspecified atom stereocenters. The molecule has 1 heterocycles. The number of nitrogens with one attached hydrogen (secondary N) is 2. The van der Waals surface area contributed by atoms with E-state index in [9.17, 15) is 13.2 Å². The van der Waals surface area contributed by atoms with Crippen molar-refractivity contribution in [3.63, 3.8) is 0 Å². The zero-order chi connectivity index (χ0) is 21.4. The Morgan fingerprint density at radius 1 is 1.07 bits per heavy atom. The van der Waals surface area contributed by atoms with Gasteiger partial charge in [0.05, 0.1) is 5.69 Å². The fourth-order valence-electron chi connectivity index (χ4n) is 2.29. The molecule has 2 rings (SSSR count). The van der Waals surface area contributed by atoms with Crippen LogP contribution in [0, 0.1) is 0 Å². The largest absolute Gasteiger partial charge is 0.283 e. The summed E-state index contributed by atoms with van der Waals surface area (Å²) in [7, 11) is -2.46. The van der Waals surface area contributed by atoms with Crippen molar-refractivity contribution >= 4 is 50.3 Å². The van der Waals surface area contributed by atoms with E-state index in [0.29, 0.717) is 10.7 Å². The number of pyridine rings is 1. The third-order valence-electron chi connectivity index (χ3n) is 3.63. The Bertz CT molecular complexity index is 969. The smallest absolute Gasteiger partial charge is 0.255 e. The van der Waals surface area contributed by atoms with Gasteiger partial charge in [0.1, 0.15) is 15.7 Å². The maximum absolute atomic E-state index is 12.4. The Kier molecular flexibility index (Phi) is 8.14. The van der Waals surface area contributed by atoms with Gasteiger partial charge in [-0.3, -0.25) is 25.2 Å². The molecule has 0 radical (unpaired) electrons. The molecule has 0 atom stereocenters. The van der Waals surface area contributed by atoms with E-state index in [1.807, 2.05) is 18.2 Å². The Morgan fingerprint density at radius 3 is 2.31 bits per heavy atom. The molecule has 0 aliphatic carbocycles. The maximum Gasteiger partial charge on any atom is 0.255 e. The second kappa shape index (κ2) is 10.3. The number of amides is 1. The summed E-state index contributed by atoms with van der Waals surface area (Å²) >= 11 is 10.6. The van der Waals surface area contributed by atoms with Crippen LogP contribution >= 0.6 is 24.4 Å². The van der Waals surface area contributed by atoms with Crippen LogP contribution in [0.4, 0.5) is 0 Å². The van der Waals surface area contributed by atoms with Crippen molar-refractivity contribution in [1.82, 2.24) is 25.3 Å². The molecule has 0 saturated heterocycles. The molecule has 154 valence electrons. The SMILES string of the molecule is CCN(NS(=O)(=O)CC(=O)NN(C)C(=S)c1ccccc1)C(=S)c1ccccn1. The first-order valence-electron chi connectivity index (χ1n) is 8.59. The van der Waals surface area contributed by atoms with E-state index in [1.54, 1.807) is 50.5 Å². The van der Waals surface area contributed by atoms with Gasteiger partial charge in [-0.1, -0.05) is 60.8 Å². The van der Waals surface area contributed by atoms with Crippen LogP contribution in [0.3, 0.4) is 0 Å². The highest BCUT2D eigenvalue weighted by molar-refractivity contribution is 7.90. The Balaban J connectivity index is 1.97. The van der Waals surface area contributed by atoms with Crippen molar-refractivity contribution in [3.05, 3.63) is 66.0 Å². The summed E-state index contributed by atoms with van der Waals surface area (Å²) in [6.07, 6.45) is 1.56. The number of rotatable bonds is 7. The fraction of sp³-hybridized carbons (Fsp3) is 0.222. The number of hydrazine groups is 2. The van der Waals surface area contributed by atoms with Gasteiger partial charge in [0.25, 0.3) is 5.91 Å². The second-order valence-corrected chi connectivity index (χ2v) is 8.35. The monoisotopic (exact) mass is 451 g/mol. The van der Waals surface area contributed by atoms with Gasteiger partial charge in [0.15, 0.2) is 0 Å². The van der Waals surface area contributed by atoms with Crippen LogP contribution in [0.25, 0.3) is 0 Å². The van der Waals surface area contributed by atoms with Gasteiger partial charge < -0.3 is 0 Å². The molecule has 0 aliphatic heterocycles. The standard InChI is InChI=1S/C18H21N5O3S3/c1-3-23(18(28)15-11-7-8-12-19-15)21-29(25,26)13-16(24)20-22(2)17(27)14-9-5-4-6-10-14/h4-12,21H,3,13H2,1-2H3,(H,20,24). The normalized spacial score (nSPS) is 10.8. The lowest BCUT2D eigenvalue weighted by Crippen LogP contribution is -2.50. The fourth-order valence-corrected chi connectivity index (χ4v) is 3.86. The molecule has 29 heavy (non-hydrogen) atoms. The van der Waals surface area contributed by atoms with Crippen molar-refractivity contribution in [3.8, 4) is 0 Å². The number of hydrogen-bond donors (Lipinski definition) is 2. The average molecular weight is 452 g/mol. The van der Waals surface area contributed by atoms with Gasteiger partial charge in [-0.2, -0.15) is 0 Å². The van der Waals surface area contributed by atoms with Crippen molar-refractivity contribution in [2.45, 2.75) is 6.92 Å². The summed E-state index contributed by atoms with van der Waals surface area (Å²) in [5.41, 5.74) is 3.63. The lowest BCUT2D eigenvalue weighted by molar-refractivity contribution is -0.121. The van der Waals surface area contributed by atoms with E-state index in [0.717, 1.165) is 5.56 Å². The van der Waals surface area contributed by atoms with Gasteiger partial charge >= 0.3 is 0 Å². The topological polar surface area (TPSA) is 94.6 Å². The van der Waals surface area contributed by atoms with E-state index in [-0.39, 0.29) is 11.5 Å². The Labute approximate surface area is 180 Å². The molecule has 0 aliphatic rings. The van der Waals surface area contributed by atoms with Gasteiger partial charge in [-0.15, -0.1) is 4.83 Å². The molecule has 0 saturated carbocycles. The lowest BCUT2D eigenvalue weighted by Gasteiger charge is -2.24. The van der Waals surface area contributed by atoms with Crippen molar-refractivity contribution in [2.24, 2.45) is 0 Å². The molecule has 1 amide bonds. The number of carbonyl (C=O) groups excluding carboxylic acids is 1. The average Bonchev–Trinajstić information content (AvgIpc) is 2.71. The predicted octanol–water partition coefficient (Wildman–Crippen LogP) is 1.25. The molecular weight excluding hydrogens is 430 g/mol. The molecule has 11 heteroatoms. The van der Waals surface area contributed by atoms with Gasteiger partial charge in [-0.05, 0) is 19.1 Å². The Hall–Kier alpha value is -2.47. The third kappa shape index (κ3) is 6.82. The second-order valence-electron chi connectivity index (χ2n) is 5.88. The number of carbonyl (C=O) groups is 1. The number of nitrogens with zero attached hydrogens (tertiary/aromatic N) is 3. The zero-order valence-corrected chi connectivity index (χ0v) is 18.4. The molecule has 2 N–H and O–H groups in total. The first-order valence-corrected chi connectivity index (χ1v) is 11.1. The van der Waals surface area contributed by atoms with Gasteiger partial charge in [-0.25, -0.2) is 8.42 Å². The molecule has 2 aromatic rings. The molecule has 0 bridgehead atoms. The van der Waals surface area contributed by atoms with Crippen LogP contribution in [0.5, 0.6) is 0 Å². The molecule has 1 aromatic carbocycles. The number of benzene rings is 1. The molecule has 0 fully saturated rings. The maximum atomic E-state index is 12.4. The highest BCUT2D eigenvalue weighted by Gasteiger charge is 2.23. The molecule has 1 aromatic heterocycles.